The highest BCUT2D eigenvalue weighted by Crippen LogP contribution is 2.31. The smallest absolute Gasteiger partial charge is 0.240 e. The fourth-order valence-corrected chi connectivity index (χ4v) is 2.98. The van der Waals surface area contributed by atoms with Crippen LogP contribution in [0.1, 0.15) is 32.6 Å². The third-order valence-corrected chi connectivity index (χ3v) is 3.89. The summed E-state index contributed by atoms with van der Waals surface area (Å²) in [7, 11) is 0. The van der Waals surface area contributed by atoms with Gasteiger partial charge in [-0.1, -0.05) is 12.8 Å². The number of nitrogens with zero attached hydrogens (tertiary/aromatic N) is 1. The van der Waals surface area contributed by atoms with Gasteiger partial charge in [-0.25, -0.2) is 0 Å². The number of hydrogen-bond donors (Lipinski definition) is 0. The summed E-state index contributed by atoms with van der Waals surface area (Å²) in [5, 5.41) is -0.416. The normalized spacial score (nSPS) is 32.8. The molecule has 0 spiro atoms. The lowest BCUT2D eigenvalue weighted by atomic mass is 9.84. The second-order valence-corrected chi connectivity index (χ2v) is 5.49. The standard InChI is InChI=1S/C12H20ClNO2/c1-9(13)12(15)14-6-7-16-8-10-4-2-3-5-11(10)14/h9-11H,2-8H2,1H3/t9-,10-,11-/m0/s1. The van der Waals surface area contributed by atoms with E-state index in [-0.39, 0.29) is 5.91 Å². The molecule has 0 radical (unpaired) electrons. The molecular weight excluding hydrogens is 226 g/mol. The van der Waals surface area contributed by atoms with Crippen LogP contribution in [-0.2, 0) is 9.53 Å². The molecule has 0 aromatic carbocycles. The molecular formula is C12H20ClNO2. The molecule has 0 aromatic heterocycles. The Morgan fingerprint density at radius 3 is 2.94 bits per heavy atom. The zero-order valence-electron chi connectivity index (χ0n) is 9.82. The van der Waals surface area contributed by atoms with E-state index >= 15 is 0 Å². The molecule has 1 heterocycles. The van der Waals surface area contributed by atoms with Crippen molar-refractivity contribution in [3.05, 3.63) is 0 Å². The highest BCUT2D eigenvalue weighted by atomic mass is 35.5. The Morgan fingerprint density at radius 1 is 1.44 bits per heavy atom. The molecule has 1 amide bonds. The maximum atomic E-state index is 12.0. The van der Waals surface area contributed by atoms with Crippen molar-refractivity contribution < 1.29 is 9.53 Å². The first-order valence-corrected chi connectivity index (χ1v) is 6.66. The van der Waals surface area contributed by atoms with Crippen molar-refractivity contribution in [2.24, 2.45) is 5.92 Å². The summed E-state index contributed by atoms with van der Waals surface area (Å²) in [4.78, 5) is 14.0. The van der Waals surface area contributed by atoms with Gasteiger partial charge >= 0.3 is 0 Å². The Balaban J connectivity index is 2.11. The SMILES string of the molecule is C[C@H](Cl)C(=O)N1CCOC[C@@H]2CCCC[C@@H]21. The maximum absolute atomic E-state index is 12.0. The van der Waals surface area contributed by atoms with Crippen LogP contribution in [0.5, 0.6) is 0 Å². The number of ether oxygens (including phenoxy) is 1. The average molecular weight is 246 g/mol. The van der Waals surface area contributed by atoms with Crippen LogP contribution < -0.4 is 0 Å². The molecule has 92 valence electrons. The second kappa shape index (κ2) is 5.37. The average Bonchev–Trinajstić information content (AvgIpc) is 2.50. The largest absolute Gasteiger partial charge is 0.379 e. The first-order chi connectivity index (χ1) is 7.70. The Labute approximate surface area is 102 Å². The lowest BCUT2D eigenvalue weighted by Crippen LogP contribution is -2.48. The summed E-state index contributed by atoms with van der Waals surface area (Å²) in [6.45, 7) is 3.93. The number of carbonyl (C=O) groups is 1. The predicted octanol–water partition coefficient (Wildman–Crippen LogP) is 2.03. The summed E-state index contributed by atoms with van der Waals surface area (Å²) in [6.07, 6.45) is 4.79. The molecule has 4 heteroatoms. The molecule has 0 aromatic rings. The van der Waals surface area contributed by atoms with Gasteiger partial charge in [-0.15, -0.1) is 11.6 Å². The van der Waals surface area contributed by atoms with E-state index < -0.39 is 5.38 Å². The molecule has 1 saturated heterocycles. The monoisotopic (exact) mass is 245 g/mol. The van der Waals surface area contributed by atoms with Crippen molar-refractivity contribution in [3.8, 4) is 0 Å². The van der Waals surface area contributed by atoms with Gasteiger partial charge in [0.05, 0.1) is 13.2 Å². The van der Waals surface area contributed by atoms with Crippen molar-refractivity contribution in [1.82, 2.24) is 4.90 Å². The lowest BCUT2D eigenvalue weighted by molar-refractivity contribution is -0.134. The van der Waals surface area contributed by atoms with Crippen molar-refractivity contribution in [3.63, 3.8) is 0 Å². The predicted molar refractivity (Wildman–Crippen MR) is 63.6 cm³/mol. The lowest BCUT2D eigenvalue weighted by Gasteiger charge is -2.38. The Kier molecular flexibility index (Phi) is 4.09. The fraction of sp³-hybridized carbons (Fsp3) is 0.917. The summed E-state index contributed by atoms with van der Waals surface area (Å²) < 4.78 is 5.59. The van der Waals surface area contributed by atoms with Gasteiger partial charge in [0.2, 0.25) is 5.91 Å². The summed E-state index contributed by atoms with van der Waals surface area (Å²) in [5.74, 6) is 0.597. The molecule has 3 atom stereocenters. The summed E-state index contributed by atoms with van der Waals surface area (Å²) >= 11 is 5.91. The van der Waals surface area contributed by atoms with Gasteiger partial charge in [0.1, 0.15) is 5.38 Å². The molecule has 0 unspecified atom stereocenters. The van der Waals surface area contributed by atoms with Crippen LogP contribution in [0.2, 0.25) is 0 Å². The van der Waals surface area contributed by atoms with Crippen LogP contribution in [0.3, 0.4) is 0 Å². The van der Waals surface area contributed by atoms with Crippen LogP contribution in [0.15, 0.2) is 0 Å². The Morgan fingerprint density at radius 2 is 2.19 bits per heavy atom. The number of alkyl halides is 1. The minimum absolute atomic E-state index is 0.0732. The Bertz CT molecular complexity index is 257. The van der Waals surface area contributed by atoms with E-state index in [4.69, 9.17) is 16.3 Å². The van der Waals surface area contributed by atoms with Crippen LogP contribution in [-0.4, -0.2) is 42.0 Å². The van der Waals surface area contributed by atoms with Gasteiger partial charge in [0, 0.05) is 18.5 Å². The molecule has 0 bridgehead atoms. The van der Waals surface area contributed by atoms with Crippen molar-refractivity contribution in [1.29, 1.82) is 0 Å². The minimum atomic E-state index is -0.416. The van der Waals surface area contributed by atoms with Crippen LogP contribution in [0.25, 0.3) is 0 Å². The van der Waals surface area contributed by atoms with E-state index in [0.29, 0.717) is 25.1 Å². The van der Waals surface area contributed by atoms with Crippen molar-refractivity contribution in [2.75, 3.05) is 19.8 Å². The number of fused-ring (bicyclic) bond motifs is 1. The molecule has 1 aliphatic heterocycles. The first kappa shape index (κ1) is 12.2. The van der Waals surface area contributed by atoms with Gasteiger partial charge in [0.25, 0.3) is 0 Å². The number of rotatable bonds is 1. The van der Waals surface area contributed by atoms with Crippen LogP contribution in [0, 0.1) is 5.92 Å². The van der Waals surface area contributed by atoms with E-state index in [9.17, 15) is 4.79 Å². The summed E-state index contributed by atoms with van der Waals surface area (Å²) in [5.41, 5.74) is 0. The maximum Gasteiger partial charge on any atom is 0.240 e. The van der Waals surface area contributed by atoms with Gasteiger partial charge in [0.15, 0.2) is 0 Å². The minimum Gasteiger partial charge on any atom is -0.379 e. The zero-order chi connectivity index (χ0) is 11.5. The molecule has 2 rings (SSSR count). The van der Waals surface area contributed by atoms with E-state index in [2.05, 4.69) is 0 Å². The van der Waals surface area contributed by atoms with Gasteiger partial charge in [-0.3, -0.25) is 4.79 Å². The topological polar surface area (TPSA) is 29.5 Å². The quantitative estimate of drug-likeness (QED) is 0.662. The first-order valence-electron chi connectivity index (χ1n) is 6.22. The summed E-state index contributed by atoms with van der Waals surface area (Å²) in [6, 6.07) is 0.366. The fourth-order valence-electron chi connectivity index (χ4n) is 2.86. The third kappa shape index (κ3) is 2.51. The van der Waals surface area contributed by atoms with Crippen molar-refractivity contribution >= 4 is 17.5 Å². The van der Waals surface area contributed by atoms with E-state index in [1.165, 1.54) is 19.3 Å². The van der Waals surface area contributed by atoms with Crippen LogP contribution in [0.4, 0.5) is 0 Å². The van der Waals surface area contributed by atoms with E-state index in [1.807, 2.05) is 4.90 Å². The number of carbonyl (C=O) groups excluding carboxylic acids is 1. The third-order valence-electron chi connectivity index (χ3n) is 3.70. The molecule has 1 saturated carbocycles. The van der Waals surface area contributed by atoms with Crippen LogP contribution >= 0.6 is 11.6 Å². The molecule has 16 heavy (non-hydrogen) atoms. The van der Waals surface area contributed by atoms with E-state index in [1.54, 1.807) is 6.92 Å². The molecule has 2 fully saturated rings. The molecule has 1 aliphatic carbocycles. The molecule has 2 aliphatic rings. The molecule has 0 N–H and O–H groups in total. The van der Waals surface area contributed by atoms with E-state index in [0.717, 1.165) is 13.0 Å². The molecule has 3 nitrogen and oxygen atoms in total. The Hall–Kier alpha value is -0.280. The zero-order valence-corrected chi connectivity index (χ0v) is 10.6. The number of halogens is 1. The van der Waals surface area contributed by atoms with Crippen molar-refractivity contribution in [2.45, 2.75) is 44.0 Å². The highest BCUT2D eigenvalue weighted by molar-refractivity contribution is 6.30. The second-order valence-electron chi connectivity index (χ2n) is 4.83. The number of hydrogen-bond acceptors (Lipinski definition) is 2. The van der Waals surface area contributed by atoms with Gasteiger partial charge < -0.3 is 9.64 Å². The highest BCUT2D eigenvalue weighted by Gasteiger charge is 2.35. The number of amides is 1. The van der Waals surface area contributed by atoms with Gasteiger partial charge in [-0.2, -0.15) is 0 Å². The van der Waals surface area contributed by atoms with Gasteiger partial charge in [-0.05, 0) is 19.8 Å².